The Morgan fingerprint density at radius 3 is 2.48 bits per heavy atom. The topological polar surface area (TPSA) is 86.8 Å². The summed E-state index contributed by atoms with van der Waals surface area (Å²) in [6, 6.07) is 0. The van der Waals surface area contributed by atoms with E-state index in [1.54, 1.807) is 6.92 Å². The highest BCUT2D eigenvalue weighted by Gasteiger charge is 2.27. The molecule has 0 unspecified atom stereocenters. The van der Waals surface area contributed by atoms with Crippen molar-refractivity contribution in [2.45, 2.75) is 72.0 Å². The Hall–Kier alpha value is -1.83. The van der Waals surface area contributed by atoms with Crippen molar-refractivity contribution in [2.24, 2.45) is 5.92 Å². The molecular weight excluding hydrogens is 368 g/mol. The van der Waals surface area contributed by atoms with Crippen molar-refractivity contribution in [1.82, 2.24) is 10.3 Å². The maximum absolute atomic E-state index is 12.0. The van der Waals surface area contributed by atoms with Crippen LogP contribution < -0.4 is 10.1 Å². The standard InChI is InChI=1S/C19H30N2O5S/c1-6-24-17(22)15-16(21-12(2)27-15)25-14-9-7-13(8-10-14)11-20-18(23)26-19(3,4)5/h13-14H,6-11H2,1-5H3,(H,20,23)/t13-,14+. The summed E-state index contributed by atoms with van der Waals surface area (Å²) in [7, 11) is 0. The van der Waals surface area contributed by atoms with Crippen molar-refractivity contribution in [1.29, 1.82) is 0 Å². The number of ether oxygens (including phenoxy) is 3. The summed E-state index contributed by atoms with van der Waals surface area (Å²) in [5, 5.41) is 3.62. The van der Waals surface area contributed by atoms with Gasteiger partial charge in [0.2, 0.25) is 5.88 Å². The number of nitrogens with one attached hydrogen (secondary N) is 1. The Morgan fingerprint density at radius 1 is 1.22 bits per heavy atom. The molecule has 0 aromatic carbocycles. The molecule has 1 aliphatic carbocycles. The first-order chi connectivity index (χ1) is 12.7. The van der Waals surface area contributed by atoms with Crippen molar-refractivity contribution in [3.8, 4) is 5.88 Å². The number of thiazole rings is 1. The van der Waals surface area contributed by atoms with Gasteiger partial charge in [0, 0.05) is 6.54 Å². The molecule has 1 aromatic rings. The number of esters is 1. The minimum absolute atomic E-state index is 0.0254. The number of carbonyl (C=O) groups excluding carboxylic acids is 2. The summed E-state index contributed by atoms with van der Waals surface area (Å²) in [5.74, 6) is 0.402. The number of carbonyl (C=O) groups is 2. The molecule has 7 nitrogen and oxygen atoms in total. The molecule has 152 valence electrons. The molecule has 0 bridgehead atoms. The van der Waals surface area contributed by atoms with Crippen molar-refractivity contribution in [3.05, 3.63) is 9.88 Å². The lowest BCUT2D eigenvalue weighted by Gasteiger charge is -2.29. The van der Waals surface area contributed by atoms with Gasteiger partial charge in [0.1, 0.15) is 11.7 Å². The SMILES string of the molecule is CCOC(=O)c1sc(C)nc1O[C@H]1CC[C@@H](CNC(=O)OC(C)(C)C)CC1. The third kappa shape index (κ3) is 7.01. The van der Waals surface area contributed by atoms with Crippen LogP contribution in [-0.4, -0.2) is 41.9 Å². The molecular formula is C19H30N2O5S. The van der Waals surface area contributed by atoms with E-state index in [4.69, 9.17) is 14.2 Å². The van der Waals surface area contributed by atoms with Crippen LogP contribution in [0.1, 0.15) is 68.1 Å². The van der Waals surface area contributed by atoms with Gasteiger partial charge in [-0.1, -0.05) is 0 Å². The minimum Gasteiger partial charge on any atom is -0.473 e. The highest BCUT2D eigenvalue weighted by atomic mass is 32.1. The number of rotatable bonds is 6. The lowest BCUT2D eigenvalue weighted by atomic mass is 9.87. The predicted octanol–water partition coefficient (Wildman–Crippen LogP) is 4.09. The van der Waals surface area contributed by atoms with Crippen molar-refractivity contribution in [2.75, 3.05) is 13.2 Å². The van der Waals surface area contributed by atoms with Crippen LogP contribution >= 0.6 is 11.3 Å². The van der Waals surface area contributed by atoms with Crippen molar-refractivity contribution in [3.63, 3.8) is 0 Å². The zero-order chi connectivity index (χ0) is 20.0. The molecule has 1 aromatic heterocycles. The van der Waals surface area contributed by atoms with Gasteiger partial charge in [-0.15, -0.1) is 11.3 Å². The van der Waals surface area contributed by atoms with Crippen LogP contribution in [0.3, 0.4) is 0 Å². The van der Waals surface area contributed by atoms with Crippen molar-refractivity contribution >= 4 is 23.4 Å². The summed E-state index contributed by atoms with van der Waals surface area (Å²) >= 11 is 1.30. The van der Waals surface area contributed by atoms with Gasteiger partial charge >= 0.3 is 12.1 Å². The molecule has 27 heavy (non-hydrogen) atoms. The quantitative estimate of drug-likeness (QED) is 0.726. The summed E-state index contributed by atoms with van der Waals surface area (Å²) in [4.78, 5) is 28.6. The summed E-state index contributed by atoms with van der Waals surface area (Å²) in [6.45, 7) is 10.1. The van der Waals surface area contributed by atoms with Gasteiger partial charge in [0.15, 0.2) is 4.88 Å². The van der Waals surface area contributed by atoms with E-state index in [1.807, 2.05) is 27.7 Å². The normalized spacial score (nSPS) is 20.0. The molecule has 8 heteroatoms. The maximum Gasteiger partial charge on any atom is 0.407 e. The first kappa shape index (κ1) is 21.5. The van der Waals surface area contributed by atoms with E-state index < -0.39 is 5.60 Å². The largest absolute Gasteiger partial charge is 0.473 e. The third-order valence-electron chi connectivity index (χ3n) is 4.17. The number of aryl methyl sites for hydroxylation is 1. The zero-order valence-electron chi connectivity index (χ0n) is 16.8. The lowest BCUT2D eigenvalue weighted by molar-refractivity contribution is 0.0507. The molecule has 0 radical (unpaired) electrons. The highest BCUT2D eigenvalue weighted by molar-refractivity contribution is 7.13. The smallest absolute Gasteiger partial charge is 0.407 e. The third-order valence-corrected chi connectivity index (χ3v) is 5.10. The lowest BCUT2D eigenvalue weighted by Crippen LogP contribution is -2.37. The first-order valence-electron chi connectivity index (χ1n) is 9.46. The van der Waals surface area contributed by atoms with E-state index >= 15 is 0 Å². The van der Waals surface area contributed by atoms with Crippen LogP contribution in [0.25, 0.3) is 0 Å². The Kier molecular flexibility index (Phi) is 7.47. The van der Waals surface area contributed by atoms with E-state index in [9.17, 15) is 9.59 Å². The predicted molar refractivity (Wildman–Crippen MR) is 103 cm³/mol. The van der Waals surface area contributed by atoms with Gasteiger partial charge in [-0.05, 0) is 66.2 Å². The Bertz CT molecular complexity index is 645. The summed E-state index contributed by atoms with van der Waals surface area (Å²) in [5.41, 5.74) is -0.488. The minimum atomic E-state index is -0.488. The monoisotopic (exact) mass is 398 g/mol. The Morgan fingerprint density at radius 2 is 1.89 bits per heavy atom. The van der Waals surface area contributed by atoms with Gasteiger partial charge in [-0.25, -0.2) is 14.6 Å². The van der Waals surface area contributed by atoms with E-state index in [0.717, 1.165) is 30.7 Å². The van der Waals surface area contributed by atoms with Crippen LogP contribution in [-0.2, 0) is 9.47 Å². The van der Waals surface area contributed by atoms with Crippen LogP contribution in [0.5, 0.6) is 5.88 Å². The molecule has 0 saturated heterocycles. The molecule has 0 aliphatic heterocycles. The first-order valence-corrected chi connectivity index (χ1v) is 10.3. The van der Waals surface area contributed by atoms with Gasteiger partial charge in [0.25, 0.3) is 0 Å². The molecule has 1 aliphatic rings. The number of alkyl carbamates (subject to hydrolysis) is 1. The van der Waals surface area contributed by atoms with Crippen LogP contribution in [0.2, 0.25) is 0 Å². The molecule has 0 spiro atoms. The Balaban J connectivity index is 1.80. The van der Waals surface area contributed by atoms with Crippen LogP contribution in [0.15, 0.2) is 0 Å². The van der Waals surface area contributed by atoms with E-state index in [0.29, 0.717) is 29.8 Å². The van der Waals surface area contributed by atoms with Crippen molar-refractivity contribution < 1.29 is 23.8 Å². The summed E-state index contributed by atoms with van der Waals surface area (Å²) in [6.07, 6.45) is 3.26. The fraction of sp³-hybridized carbons (Fsp3) is 0.737. The van der Waals surface area contributed by atoms with Gasteiger partial charge in [-0.2, -0.15) is 0 Å². The number of hydrogen-bond acceptors (Lipinski definition) is 7. The molecule has 1 amide bonds. The molecule has 1 heterocycles. The molecule has 0 atom stereocenters. The van der Waals surface area contributed by atoms with Gasteiger partial charge in [-0.3, -0.25) is 0 Å². The highest BCUT2D eigenvalue weighted by Crippen LogP contribution is 2.31. The number of amides is 1. The Labute approximate surface area is 164 Å². The molecule has 1 N–H and O–H groups in total. The molecule has 2 rings (SSSR count). The number of nitrogens with zero attached hydrogens (tertiary/aromatic N) is 1. The second-order valence-electron chi connectivity index (χ2n) is 7.73. The second kappa shape index (κ2) is 9.39. The fourth-order valence-corrected chi connectivity index (χ4v) is 3.71. The van der Waals surface area contributed by atoms with Crippen LogP contribution in [0.4, 0.5) is 4.79 Å². The average Bonchev–Trinajstić information content (AvgIpc) is 2.93. The molecule has 1 fully saturated rings. The zero-order valence-corrected chi connectivity index (χ0v) is 17.6. The van der Waals surface area contributed by atoms with E-state index in [-0.39, 0.29) is 18.2 Å². The maximum atomic E-state index is 12.0. The number of aromatic nitrogens is 1. The van der Waals surface area contributed by atoms with E-state index in [2.05, 4.69) is 10.3 Å². The fourth-order valence-electron chi connectivity index (χ4n) is 2.97. The molecule has 1 saturated carbocycles. The second-order valence-corrected chi connectivity index (χ2v) is 8.93. The van der Waals surface area contributed by atoms with E-state index in [1.165, 1.54) is 11.3 Å². The average molecular weight is 399 g/mol. The van der Waals surface area contributed by atoms with Crippen LogP contribution in [0, 0.1) is 12.8 Å². The van der Waals surface area contributed by atoms with Gasteiger partial charge in [0.05, 0.1) is 11.6 Å². The number of hydrogen-bond donors (Lipinski definition) is 1. The van der Waals surface area contributed by atoms with Gasteiger partial charge < -0.3 is 19.5 Å². The summed E-state index contributed by atoms with van der Waals surface area (Å²) < 4.78 is 16.3.